The molecule has 1 aromatic heterocycles. The van der Waals surface area contributed by atoms with Crippen molar-refractivity contribution in [3.05, 3.63) is 53.9 Å². The molecule has 2 amide bonds. The summed E-state index contributed by atoms with van der Waals surface area (Å²) in [6, 6.07) is 11.2. The molecule has 2 aromatic rings. The summed E-state index contributed by atoms with van der Waals surface area (Å²) in [5.41, 5.74) is 1.92. The normalized spacial score (nSPS) is 12.0. The maximum Gasteiger partial charge on any atom is 0.315 e. The molecule has 0 fully saturated rings. The van der Waals surface area contributed by atoms with Gasteiger partial charge in [0.15, 0.2) is 11.5 Å². The van der Waals surface area contributed by atoms with E-state index in [9.17, 15) is 4.79 Å². The van der Waals surface area contributed by atoms with Gasteiger partial charge in [-0.15, -0.1) is 0 Å². The summed E-state index contributed by atoms with van der Waals surface area (Å²) in [6.45, 7) is 1.23. The zero-order valence-corrected chi connectivity index (χ0v) is 12.0. The third-order valence-electron chi connectivity index (χ3n) is 3.29. The van der Waals surface area contributed by atoms with Gasteiger partial charge in [-0.3, -0.25) is 4.98 Å². The molecule has 0 unspecified atom stereocenters. The van der Waals surface area contributed by atoms with Gasteiger partial charge in [0.05, 0.1) is 12.2 Å². The Morgan fingerprint density at radius 3 is 2.91 bits per heavy atom. The van der Waals surface area contributed by atoms with E-state index < -0.39 is 0 Å². The number of carbonyl (C=O) groups is 1. The molecule has 0 bridgehead atoms. The van der Waals surface area contributed by atoms with E-state index in [4.69, 9.17) is 9.47 Å². The maximum absolute atomic E-state index is 11.7. The molecule has 1 aromatic carbocycles. The van der Waals surface area contributed by atoms with Crippen molar-refractivity contribution in [3.8, 4) is 11.5 Å². The second-order valence-corrected chi connectivity index (χ2v) is 4.87. The fourth-order valence-corrected chi connectivity index (χ4v) is 2.15. The molecule has 114 valence electrons. The molecular formula is C16H17N3O3. The fourth-order valence-electron chi connectivity index (χ4n) is 2.15. The van der Waals surface area contributed by atoms with Crippen LogP contribution in [0.2, 0.25) is 0 Å². The standard InChI is InChI=1S/C16H17N3O3/c20-16(19-10-13-3-1-2-7-17-13)18-8-6-12-4-5-14-15(9-12)22-11-21-14/h1-5,7,9H,6,8,10-11H2,(H2,18,19,20). The number of nitrogens with zero attached hydrogens (tertiary/aromatic N) is 1. The van der Waals surface area contributed by atoms with Crippen LogP contribution in [-0.4, -0.2) is 24.4 Å². The third kappa shape index (κ3) is 3.66. The van der Waals surface area contributed by atoms with Gasteiger partial charge in [-0.25, -0.2) is 4.79 Å². The fraction of sp³-hybridized carbons (Fsp3) is 0.250. The van der Waals surface area contributed by atoms with Gasteiger partial charge < -0.3 is 20.1 Å². The van der Waals surface area contributed by atoms with Crippen molar-refractivity contribution in [1.29, 1.82) is 0 Å². The molecule has 1 aliphatic rings. The number of rotatable bonds is 5. The van der Waals surface area contributed by atoms with Crippen molar-refractivity contribution >= 4 is 6.03 Å². The van der Waals surface area contributed by atoms with E-state index in [1.807, 2.05) is 36.4 Å². The number of amides is 2. The van der Waals surface area contributed by atoms with E-state index in [0.717, 1.165) is 29.2 Å². The van der Waals surface area contributed by atoms with Gasteiger partial charge in [-0.05, 0) is 36.2 Å². The van der Waals surface area contributed by atoms with Crippen molar-refractivity contribution in [2.45, 2.75) is 13.0 Å². The van der Waals surface area contributed by atoms with Gasteiger partial charge >= 0.3 is 6.03 Å². The number of hydrogen-bond acceptors (Lipinski definition) is 4. The maximum atomic E-state index is 11.7. The molecular weight excluding hydrogens is 282 g/mol. The molecule has 22 heavy (non-hydrogen) atoms. The van der Waals surface area contributed by atoms with Crippen LogP contribution in [0.4, 0.5) is 4.79 Å². The van der Waals surface area contributed by atoms with E-state index in [2.05, 4.69) is 15.6 Å². The van der Waals surface area contributed by atoms with Crippen LogP contribution in [0.25, 0.3) is 0 Å². The summed E-state index contributed by atoms with van der Waals surface area (Å²) in [4.78, 5) is 15.8. The molecule has 3 rings (SSSR count). The number of aromatic nitrogens is 1. The third-order valence-corrected chi connectivity index (χ3v) is 3.29. The van der Waals surface area contributed by atoms with Crippen LogP contribution in [0, 0.1) is 0 Å². The average Bonchev–Trinajstić information content (AvgIpc) is 3.02. The van der Waals surface area contributed by atoms with Crippen LogP contribution >= 0.6 is 0 Å². The molecule has 1 aliphatic heterocycles. The predicted octanol–water partition coefficient (Wildman–Crippen LogP) is 1.85. The van der Waals surface area contributed by atoms with E-state index >= 15 is 0 Å². The first kappa shape index (κ1) is 14.2. The zero-order chi connectivity index (χ0) is 15.2. The highest BCUT2D eigenvalue weighted by molar-refractivity contribution is 5.73. The summed E-state index contributed by atoms with van der Waals surface area (Å²) in [5.74, 6) is 1.53. The molecule has 2 N–H and O–H groups in total. The monoisotopic (exact) mass is 299 g/mol. The first-order valence-corrected chi connectivity index (χ1v) is 7.11. The first-order valence-electron chi connectivity index (χ1n) is 7.11. The summed E-state index contributed by atoms with van der Waals surface area (Å²) < 4.78 is 10.6. The second kappa shape index (κ2) is 6.80. The van der Waals surface area contributed by atoms with Crippen molar-refractivity contribution in [3.63, 3.8) is 0 Å². The van der Waals surface area contributed by atoms with Crippen LogP contribution < -0.4 is 20.1 Å². The quantitative estimate of drug-likeness (QED) is 0.884. The highest BCUT2D eigenvalue weighted by Crippen LogP contribution is 2.32. The highest BCUT2D eigenvalue weighted by Gasteiger charge is 2.12. The van der Waals surface area contributed by atoms with Gasteiger partial charge in [0.1, 0.15) is 0 Å². The lowest BCUT2D eigenvalue weighted by molar-refractivity contribution is 0.174. The number of ether oxygens (including phenoxy) is 2. The molecule has 0 saturated heterocycles. The summed E-state index contributed by atoms with van der Waals surface area (Å²) >= 11 is 0. The minimum absolute atomic E-state index is 0.202. The van der Waals surface area contributed by atoms with E-state index in [0.29, 0.717) is 13.1 Å². The number of nitrogens with one attached hydrogen (secondary N) is 2. The molecule has 0 atom stereocenters. The first-order chi connectivity index (χ1) is 10.8. The lowest BCUT2D eigenvalue weighted by Crippen LogP contribution is -2.36. The predicted molar refractivity (Wildman–Crippen MR) is 80.7 cm³/mol. The molecule has 6 nitrogen and oxygen atoms in total. The second-order valence-electron chi connectivity index (χ2n) is 4.87. The summed E-state index contributed by atoms with van der Waals surface area (Å²) in [5, 5.41) is 5.59. The van der Waals surface area contributed by atoms with Gasteiger partial charge in [0.2, 0.25) is 6.79 Å². The molecule has 0 spiro atoms. The Morgan fingerprint density at radius 2 is 2.05 bits per heavy atom. The number of urea groups is 1. The molecule has 0 saturated carbocycles. The van der Waals surface area contributed by atoms with Gasteiger partial charge in [-0.2, -0.15) is 0 Å². The molecule has 0 aliphatic carbocycles. The Bertz CT molecular complexity index is 646. The summed E-state index contributed by atoms with van der Waals surface area (Å²) in [7, 11) is 0. The van der Waals surface area contributed by atoms with Gasteiger partial charge in [0.25, 0.3) is 0 Å². The van der Waals surface area contributed by atoms with Crippen LogP contribution in [0.5, 0.6) is 11.5 Å². The highest BCUT2D eigenvalue weighted by atomic mass is 16.7. The van der Waals surface area contributed by atoms with Crippen LogP contribution in [-0.2, 0) is 13.0 Å². The van der Waals surface area contributed by atoms with Gasteiger partial charge in [-0.1, -0.05) is 12.1 Å². The minimum atomic E-state index is -0.202. The number of carbonyl (C=O) groups excluding carboxylic acids is 1. The lowest BCUT2D eigenvalue weighted by atomic mass is 10.1. The number of fused-ring (bicyclic) bond motifs is 1. The number of pyridine rings is 1. The Balaban J connectivity index is 1.40. The zero-order valence-electron chi connectivity index (χ0n) is 12.0. The Kier molecular flexibility index (Phi) is 4.38. The lowest BCUT2D eigenvalue weighted by Gasteiger charge is -2.07. The van der Waals surface area contributed by atoms with Crippen LogP contribution in [0.3, 0.4) is 0 Å². The SMILES string of the molecule is O=C(NCCc1ccc2c(c1)OCO2)NCc1ccccn1. The topological polar surface area (TPSA) is 72.5 Å². The largest absolute Gasteiger partial charge is 0.454 e. The number of benzene rings is 1. The van der Waals surface area contributed by atoms with Crippen molar-refractivity contribution in [2.24, 2.45) is 0 Å². The van der Waals surface area contributed by atoms with E-state index in [1.165, 1.54) is 0 Å². The van der Waals surface area contributed by atoms with Crippen molar-refractivity contribution < 1.29 is 14.3 Å². The van der Waals surface area contributed by atoms with Crippen molar-refractivity contribution in [1.82, 2.24) is 15.6 Å². The Morgan fingerprint density at radius 1 is 1.14 bits per heavy atom. The van der Waals surface area contributed by atoms with Crippen molar-refractivity contribution in [2.75, 3.05) is 13.3 Å². The molecule has 6 heteroatoms. The summed E-state index contributed by atoms with van der Waals surface area (Å²) in [6.07, 6.45) is 2.43. The minimum Gasteiger partial charge on any atom is -0.454 e. The smallest absolute Gasteiger partial charge is 0.315 e. The number of hydrogen-bond donors (Lipinski definition) is 2. The Hall–Kier alpha value is -2.76. The molecule has 2 heterocycles. The molecule has 0 radical (unpaired) electrons. The average molecular weight is 299 g/mol. The van der Waals surface area contributed by atoms with Crippen LogP contribution in [0.1, 0.15) is 11.3 Å². The van der Waals surface area contributed by atoms with E-state index in [-0.39, 0.29) is 12.8 Å². The Labute approximate surface area is 128 Å². The van der Waals surface area contributed by atoms with Crippen LogP contribution in [0.15, 0.2) is 42.6 Å². The van der Waals surface area contributed by atoms with E-state index in [1.54, 1.807) is 6.20 Å². The van der Waals surface area contributed by atoms with Gasteiger partial charge in [0, 0.05) is 12.7 Å².